The van der Waals surface area contributed by atoms with Gasteiger partial charge < -0.3 is 10.0 Å². The van der Waals surface area contributed by atoms with Crippen molar-refractivity contribution < 1.29 is 5.11 Å². The van der Waals surface area contributed by atoms with Crippen LogP contribution in [0.2, 0.25) is 5.02 Å². The third-order valence-corrected chi connectivity index (χ3v) is 4.86. The number of phenolic OH excluding ortho intramolecular Hbond substituents is 1. The summed E-state index contributed by atoms with van der Waals surface area (Å²) in [6.07, 6.45) is 1.10. The van der Waals surface area contributed by atoms with Crippen LogP contribution in [0, 0.1) is 0 Å². The summed E-state index contributed by atoms with van der Waals surface area (Å²) < 4.78 is 0. The van der Waals surface area contributed by atoms with Crippen LogP contribution in [0.1, 0.15) is 24.9 Å². The highest BCUT2D eigenvalue weighted by Crippen LogP contribution is 2.28. The number of anilines is 1. The maximum atomic E-state index is 9.41. The van der Waals surface area contributed by atoms with Gasteiger partial charge in [0.05, 0.1) is 0 Å². The SMILES string of the molecule is CCC(c1ccc(Cl)cc1)N1CCN(c2ccc(O)cc2)CC1. The number of hydrogen-bond acceptors (Lipinski definition) is 3. The van der Waals surface area contributed by atoms with Crippen LogP contribution in [0.4, 0.5) is 5.69 Å². The third-order valence-electron chi connectivity index (χ3n) is 4.61. The standard InChI is InChI=1S/C19H23ClN2O/c1-2-19(15-3-5-16(20)6-4-15)22-13-11-21(12-14-22)17-7-9-18(23)10-8-17/h3-10,19,23H,2,11-14H2,1H3. The van der Waals surface area contributed by atoms with Gasteiger partial charge in [0.15, 0.2) is 0 Å². The Morgan fingerprint density at radius 1 is 0.957 bits per heavy atom. The van der Waals surface area contributed by atoms with Gasteiger partial charge in [-0.25, -0.2) is 0 Å². The predicted octanol–water partition coefficient (Wildman–Crippen LogP) is 4.32. The minimum absolute atomic E-state index is 0.321. The van der Waals surface area contributed by atoms with Crippen LogP contribution >= 0.6 is 11.6 Å². The summed E-state index contributed by atoms with van der Waals surface area (Å²) in [5.41, 5.74) is 2.52. The number of hydrogen-bond donors (Lipinski definition) is 1. The first-order valence-electron chi connectivity index (χ1n) is 8.21. The highest BCUT2D eigenvalue weighted by molar-refractivity contribution is 6.30. The number of aromatic hydroxyl groups is 1. The van der Waals surface area contributed by atoms with Crippen LogP contribution in [0.5, 0.6) is 5.75 Å². The van der Waals surface area contributed by atoms with Crippen molar-refractivity contribution in [3.63, 3.8) is 0 Å². The summed E-state index contributed by atoms with van der Waals surface area (Å²) >= 11 is 6.01. The molecular weight excluding hydrogens is 308 g/mol. The maximum Gasteiger partial charge on any atom is 0.115 e. The molecule has 2 aromatic carbocycles. The molecule has 0 aromatic heterocycles. The Labute approximate surface area is 143 Å². The molecule has 3 nitrogen and oxygen atoms in total. The van der Waals surface area contributed by atoms with E-state index in [1.165, 1.54) is 11.3 Å². The van der Waals surface area contributed by atoms with Crippen LogP contribution in [-0.2, 0) is 0 Å². The molecule has 1 N–H and O–H groups in total. The second-order valence-corrected chi connectivity index (χ2v) is 6.45. The van der Waals surface area contributed by atoms with Crippen LogP contribution in [0.3, 0.4) is 0 Å². The lowest BCUT2D eigenvalue weighted by atomic mass is 10.0. The Hall–Kier alpha value is -1.71. The zero-order chi connectivity index (χ0) is 16.2. The second kappa shape index (κ2) is 7.24. The lowest BCUT2D eigenvalue weighted by Crippen LogP contribution is -2.47. The van der Waals surface area contributed by atoms with E-state index in [0.29, 0.717) is 11.8 Å². The molecule has 1 heterocycles. The summed E-state index contributed by atoms with van der Waals surface area (Å²) in [7, 11) is 0. The fraction of sp³-hybridized carbons (Fsp3) is 0.368. The Bertz CT molecular complexity index is 619. The highest BCUT2D eigenvalue weighted by atomic mass is 35.5. The molecule has 23 heavy (non-hydrogen) atoms. The maximum absolute atomic E-state index is 9.41. The number of phenols is 1. The van der Waals surface area contributed by atoms with Gasteiger partial charge in [0.1, 0.15) is 5.75 Å². The zero-order valence-electron chi connectivity index (χ0n) is 13.5. The average molecular weight is 331 g/mol. The largest absolute Gasteiger partial charge is 0.508 e. The molecule has 1 unspecified atom stereocenters. The Morgan fingerprint density at radius 3 is 2.13 bits per heavy atom. The molecule has 1 aliphatic heterocycles. The fourth-order valence-corrected chi connectivity index (χ4v) is 3.47. The molecule has 0 spiro atoms. The van der Waals surface area contributed by atoms with E-state index in [-0.39, 0.29) is 0 Å². The molecule has 122 valence electrons. The molecular formula is C19H23ClN2O. The molecule has 0 radical (unpaired) electrons. The molecule has 2 aromatic rings. The monoisotopic (exact) mass is 330 g/mol. The molecule has 3 rings (SSSR count). The van der Waals surface area contributed by atoms with Gasteiger partial charge in [0, 0.05) is 42.9 Å². The van der Waals surface area contributed by atoms with E-state index in [9.17, 15) is 5.11 Å². The first kappa shape index (κ1) is 16.2. The molecule has 0 amide bonds. The van der Waals surface area contributed by atoms with Gasteiger partial charge in [-0.2, -0.15) is 0 Å². The zero-order valence-corrected chi connectivity index (χ0v) is 14.2. The molecule has 0 bridgehead atoms. The number of benzene rings is 2. The Kier molecular flexibility index (Phi) is 5.09. The van der Waals surface area contributed by atoms with Crippen molar-refractivity contribution in [2.24, 2.45) is 0 Å². The van der Waals surface area contributed by atoms with E-state index in [4.69, 9.17) is 11.6 Å². The molecule has 1 saturated heterocycles. The van der Waals surface area contributed by atoms with Crippen molar-refractivity contribution in [1.82, 2.24) is 4.90 Å². The van der Waals surface area contributed by atoms with Crippen molar-refractivity contribution in [2.45, 2.75) is 19.4 Å². The van der Waals surface area contributed by atoms with E-state index >= 15 is 0 Å². The van der Waals surface area contributed by atoms with E-state index in [2.05, 4.69) is 28.9 Å². The molecule has 0 saturated carbocycles. The van der Waals surface area contributed by atoms with Crippen molar-refractivity contribution in [3.8, 4) is 5.75 Å². The summed E-state index contributed by atoms with van der Waals surface area (Å²) in [5, 5.41) is 10.2. The molecule has 4 heteroatoms. The van der Waals surface area contributed by atoms with Crippen LogP contribution in [-0.4, -0.2) is 36.2 Å². The highest BCUT2D eigenvalue weighted by Gasteiger charge is 2.24. The topological polar surface area (TPSA) is 26.7 Å². The van der Waals surface area contributed by atoms with Crippen molar-refractivity contribution in [2.75, 3.05) is 31.1 Å². The van der Waals surface area contributed by atoms with Gasteiger partial charge in [-0.3, -0.25) is 4.90 Å². The number of nitrogens with zero attached hydrogens (tertiary/aromatic N) is 2. The van der Waals surface area contributed by atoms with Crippen molar-refractivity contribution in [1.29, 1.82) is 0 Å². The minimum Gasteiger partial charge on any atom is -0.508 e. The lowest BCUT2D eigenvalue weighted by Gasteiger charge is -2.40. The smallest absolute Gasteiger partial charge is 0.115 e. The number of piperazine rings is 1. The van der Waals surface area contributed by atoms with Gasteiger partial charge in [-0.05, 0) is 48.4 Å². The summed E-state index contributed by atoms with van der Waals surface area (Å²) in [5.74, 6) is 0.321. The normalized spacial score (nSPS) is 17.2. The Balaban J connectivity index is 1.65. The van der Waals surface area contributed by atoms with Crippen LogP contribution in [0.15, 0.2) is 48.5 Å². The first-order valence-corrected chi connectivity index (χ1v) is 8.58. The summed E-state index contributed by atoms with van der Waals surface area (Å²) in [6.45, 7) is 6.35. The minimum atomic E-state index is 0.321. The lowest BCUT2D eigenvalue weighted by molar-refractivity contribution is 0.181. The van der Waals surface area contributed by atoms with Gasteiger partial charge in [-0.15, -0.1) is 0 Å². The van der Waals surface area contributed by atoms with E-state index in [0.717, 1.165) is 37.6 Å². The third kappa shape index (κ3) is 3.80. The first-order chi connectivity index (χ1) is 11.2. The molecule has 0 aliphatic carbocycles. The van der Waals surface area contributed by atoms with Gasteiger partial charge in [0.25, 0.3) is 0 Å². The summed E-state index contributed by atoms with van der Waals surface area (Å²) in [6, 6.07) is 16.2. The average Bonchev–Trinajstić information content (AvgIpc) is 2.59. The Morgan fingerprint density at radius 2 is 1.57 bits per heavy atom. The van der Waals surface area contributed by atoms with Gasteiger partial charge in [-0.1, -0.05) is 30.7 Å². The van der Waals surface area contributed by atoms with Crippen LogP contribution < -0.4 is 4.90 Å². The fourth-order valence-electron chi connectivity index (χ4n) is 3.34. The molecule has 1 aliphatic rings. The summed E-state index contributed by atoms with van der Waals surface area (Å²) in [4.78, 5) is 4.94. The van der Waals surface area contributed by atoms with Gasteiger partial charge in [0.2, 0.25) is 0 Å². The quantitative estimate of drug-likeness (QED) is 0.904. The van der Waals surface area contributed by atoms with Gasteiger partial charge >= 0.3 is 0 Å². The molecule has 1 fully saturated rings. The van der Waals surface area contributed by atoms with Crippen molar-refractivity contribution >= 4 is 17.3 Å². The van der Waals surface area contributed by atoms with E-state index < -0.39 is 0 Å². The van der Waals surface area contributed by atoms with E-state index in [1.54, 1.807) is 12.1 Å². The van der Waals surface area contributed by atoms with Crippen molar-refractivity contribution in [3.05, 3.63) is 59.1 Å². The molecule has 1 atom stereocenters. The van der Waals surface area contributed by atoms with Crippen LogP contribution in [0.25, 0.3) is 0 Å². The number of rotatable bonds is 4. The number of halogens is 1. The predicted molar refractivity (Wildman–Crippen MR) is 96.4 cm³/mol. The second-order valence-electron chi connectivity index (χ2n) is 6.02. The van der Waals surface area contributed by atoms with E-state index in [1.807, 2.05) is 24.3 Å².